The summed E-state index contributed by atoms with van der Waals surface area (Å²) in [5.74, 6) is 0.750. The summed E-state index contributed by atoms with van der Waals surface area (Å²) in [5, 5.41) is 5.72. The number of hydrogen-bond donors (Lipinski definition) is 2. The molecule has 0 atom stereocenters. The van der Waals surface area contributed by atoms with E-state index in [1.54, 1.807) is 18.2 Å². The van der Waals surface area contributed by atoms with E-state index in [1.165, 1.54) is 0 Å². The molecule has 2 N–H and O–H groups in total. The van der Waals surface area contributed by atoms with Gasteiger partial charge < -0.3 is 15.4 Å². The molecule has 1 aliphatic carbocycles. The van der Waals surface area contributed by atoms with Gasteiger partial charge in [-0.05, 0) is 44.9 Å². The molecule has 2 amide bonds. The van der Waals surface area contributed by atoms with Crippen molar-refractivity contribution >= 4 is 23.2 Å². The van der Waals surface area contributed by atoms with Crippen LogP contribution in [0, 0.1) is 11.3 Å². The molecule has 106 valence electrons. The van der Waals surface area contributed by atoms with E-state index >= 15 is 0 Å². The van der Waals surface area contributed by atoms with Gasteiger partial charge in [0.25, 0.3) is 0 Å². The molecule has 20 heavy (non-hydrogen) atoms. The second-order valence-electron chi connectivity index (χ2n) is 6.10. The fourth-order valence-electron chi connectivity index (χ4n) is 2.04. The van der Waals surface area contributed by atoms with Crippen molar-refractivity contribution in [1.29, 1.82) is 0 Å². The third kappa shape index (κ3) is 2.48. The van der Waals surface area contributed by atoms with Crippen LogP contribution in [0.15, 0.2) is 18.2 Å². The molecule has 1 aromatic rings. The Bertz CT molecular complexity index is 576. The fourth-order valence-corrected chi connectivity index (χ4v) is 2.04. The van der Waals surface area contributed by atoms with Gasteiger partial charge in [-0.1, -0.05) is 0 Å². The Kier molecular flexibility index (Phi) is 2.92. The number of anilines is 2. The Morgan fingerprint density at radius 2 is 2.15 bits per heavy atom. The van der Waals surface area contributed by atoms with Crippen LogP contribution in [0.25, 0.3) is 0 Å². The lowest BCUT2D eigenvalue weighted by molar-refractivity contribution is -0.125. The van der Waals surface area contributed by atoms with E-state index < -0.39 is 5.41 Å². The van der Waals surface area contributed by atoms with Gasteiger partial charge in [-0.25, -0.2) is 0 Å². The number of fused-ring (bicyclic) bond motifs is 1. The van der Waals surface area contributed by atoms with Crippen LogP contribution in [0.3, 0.4) is 0 Å². The zero-order valence-electron chi connectivity index (χ0n) is 11.7. The van der Waals surface area contributed by atoms with E-state index in [1.807, 2.05) is 13.8 Å². The van der Waals surface area contributed by atoms with Gasteiger partial charge in [0.2, 0.25) is 11.8 Å². The number of ether oxygens (including phenoxy) is 1. The number of hydrogen-bond acceptors (Lipinski definition) is 3. The monoisotopic (exact) mass is 274 g/mol. The highest BCUT2D eigenvalue weighted by Crippen LogP contribution is 2.35. The highest BCUT2D eigenvalue weighted by Gasteiger charge is 2.33. The lowest BCUT2D eigenvalue weighted by atomic mass is 9.94. The van der Waals surface area contributed by atoms with Gasteiger partial charge in [0.05, 0.1) is 11.1 Å². The van der Waals surface area contributed by atoms with Crippen molar-refractivity contribution < 1.29 is 14.3 Å². The van der Waals surface area contributed by atoms with Crippen molar-refractivity contribution in [3.05, 3.63) is 18.2 Å². The van der Waals surface area contributed by atoms with E-state index in [0.29, 0.717) is 23.7 Å². The molecule has 0 aromatic heterocycles. The molecule has 1 saturated carbocycles. The summed E-state index contributed by atoms with van der Waals surface area (Å²) in [4.78, 5) is 23.8. The maximum Gasteiger partial charge on any atom is 0.233 e. The fraction of sp³-hybridized carbons (Fsp3) is 0.467. The van der Waals surface area contributed by atoms with Crippen LogP contribution in [0.5, 0.6) is 5.75 Å². The first-order valence-corrected chi connectivity index (χ1v) is 6.85. The van der Waals surface area contributed by atoms with E-state index in [2.05, 4.69) is 10.6 Å². The molecule has 0 radical (unpaired) electrons. The van der Waals surface area contributed by atoms with Crippen molar-refractivity contribution in [3.63, 3.8) is 0 Å². The second-order valence-corrected chi connectivity index (χ2v) is 6.10. The minimum atomic E-state index is -0.573. The molecule has 5 heteroatoms. The Morgan fingerprint density at radius 3 is 2.85 bits per heavy atom. The topological polar surface area (TPSA) is 67.4 Å². The maximum absolute atomic E-state index is 12.1. The van der Waals surface area contributed by atoms with Gasteiger partial charge in [-0.3, -0.25) is 9.59 Å². The highest BCUT2D eigenvalue weighted by atomic mass is 16.5. The van der Waals surface area contributed by atoms with Crippen LogP contribution in [0.1, 0.15) is 26.7 Å². The molecule has 0 saturated heterocycles. The van der Waals surface area contributed by atoms with Crippen molar-refractivity contribution in [2.24, 2.45) is 11.3 Å². The molecule has 1 aliphatic heterocycles. The number of carbonyl (C=O) groups excluding carboxylic acids is 2. The van der Waals surface area contributed by atoms with Crippen LogP contribution in [0.2, 0.25) is 0 Å². The minimum Gasteiger partial charge on any atom is -0.490 e. The standard InChI is InChI=1S/C15H18N2O3/c1-15(2)8-20-12-6-5-10(7-11(12)17-14(15)19)16-13(18)9-3-4-9/h5-7,9H,3-4,8H2,1-2H3,(H,16,18)(H,17,19). The number of nitrogens with one attached hydrogen (secondary N) is 2. The normalized spacial score (nSPS) is 20.2. The third-order valence-corrected chi connectivity index (χ3v) is 3.65. The Morgan fingerprint density at radius 1 is 1.40 bits per heavy atom. The van der Waals surface area contributed by atoms with Crippen LogP contribution in [-0.2, 0) is 9.59 Å². The molecule has 3 rings (SSSR count). The zero-order valence-corrected chi connectivity index (χ0v) is 11.7. The molecular weight excluding hydrogens is 256 g/mol. The number of amides is 2. The molecule has 0 spiro atoms. The summed E-state index contributed by atoms with van der Waals surface area (Å²) in [7, 11) is 0. The summed E-state index contributed by atoms with van der Waals surface area (Å²) in [5.41, 5.74) is 0.717. The molecule has 0 unspecified atom stereocenters. The Balaban J connectivity index is 1.82. The summed E-state index contributed by atoms with van der Waals surface area (Å²) in [6.45, 7) is 4.01. The van der Waals surface area contributed by atoms with Gasteiger partial charge >= 0.3 is 0 Å². The minimum absolute atomic E-state index is 0.0474. The van der Waals surface area contributed by atoms with Crippen molar-refractivity contribution in [2.75, 3.05) is 17.2 Å². The first kappa shape index (κ1) is 13.0. The predicted molar refractivity (Wildman–Crippen MR) is 75.7 cm³/mol. The molecule has 2 aliphatic rings. The Hall–Kier alpha value is -2.04. The van der Waals surface area contributed by atoms with Gasteiger partial charge in [-0.2, -0.15) is 0 Å². The van der Waals surface area contributed by atoms with E-state index in [0.717, 1.165) is 12.8 Å². The summed E-state index contributed by atoms with van der Waals surface area (Å²) in [6, 6.07) is 5.32. The third-order valence-electron chi connectivity index (χ3n) is 3.65. The van der Waals surface area contributed by atoms with Crippen LogP contribution in [0.4, 0.5) is 11.4 Å². The lowest BCUT2D eigenvalue weighted by Crippen LogP contribution is -2.33. The summed E-state index contributed by atoms with van der Waals surface area (Å²) >= 11 is 0. The number of rotatable bonds is 2. The van der Waals surface area contributed by atoms with Crippen molar-refractivity contribution in [2.45, 2.75) is 26.7 Å². The smallest absolute Gasteiger partial charge is 0.233 e. The molecule has 1 aromatic carbocycles. The van der Waals surface area contributed by atoms with Crippen LogP contribution >= 0.6 is 0 Å². The van der Waals surface area contributed by atoms with Crippen LogP contribution in [-0.4, -0.2) is 18.4 Å². The lowest BCUT2D eigenvalue weighted by Gasteiger charge is -2.18. The van der Waals surface area contributed by atoms with Gasteiger partial charge in [0.15, 0.2) is 0 Å². The number of benzene rings is 1. The maximum atomic E-state index is 12.1. The van der Waals surface area contributed by atoms with Crippen molar-refractivity contribution in [1.82, 2.24) is 0 Å². The zero-order chi connectivity index (χ0) is 14.3. The van der Waals surface area contributed by atoms with E-state index in [9.17, 15) is 9.59 Å². The summed E-state index contributed by atoms with van der Waals surface area (Å²) in [6.07, 6.45) is 1.93. The van der Waals surface area contributed by atoms with Gasteiger partial charge in [0.1, 0.15) is 12.4 Å². The first-order valence-electron chi connectivity index (χ1n) is 6.85. The highest BCUT2D eigenvalue weighted by molar-refractivity contribution is 5.99. The Labute approximate surface area is 117 Å². The second kappa shape index (κ2) is 4.51. The first-order chi connectivity index (χ1) is 9.45. The average Bonchev–Trinajstić information content (AvgIpc) is 3.21. The van der Waals surface area contributed by atoms with Crippen LogP contribution < -0.4 is 15.4 Å². The predicted octanol–water partition coefficient (Wildman–Crippen LogP) is 2.39. The van der Waals surface area contributed by atoms with E-state index in [4.69, 9.17) is 4.74 Å². The molecular formula is C15H18N2O3. The quantitative estimate of drug-likeness (QED) is 0.870. The molecule has 1 heterocycles. The van der Waals surface area contributed by atoms with Gasteiger partial charge in [-0.15, -0.1) is 0 Å². The largest absolute Gasteiger partial charge is 0.490 e. The number of carbonyl (C=O) groups is 2. The molecule has 1 fully saturated rings. The van der Waals surface area contributed by atoms with E-state index in [-0.39, 0.29) is 17.7 Å². The average molecular weight is 274 g/mol. The van der Waals surface area contributed by atoms with Crippen molar-refractivity contribution in [3.8, 4) is 5.75 Å². The SMILES string of the molecule is CC1(C)COc2ccc(NC(=O)C3CC3)cc2NC1=O. The summed E-state index contributed by atoms with van der Waals surface area (Å²) < 4.78 is 5.66. The molecule has 5 nitrogen and oxygen atoms in total. The molecule has 0 bridgehead atoms. The van der Waals surface area contributed by atoms with Gasteiger partial charge in [0, 0.05) is 11.6 Å².